The number of rotatable bonds is 8. The fourth-order valence-electron chi connectivity index (χ4n) is 3.53. The fourth-order valence-corrected chi connectivity index (χ4v) is 3.53. The highest BCUT2D eigenvalue weighted by molar-refractivity contribution is 5.66. The van der Waals surface area contributed by atoms with Crippen LogP contribution in [0.3, 0.4) is 0 Å². The van der Waals surface area contributed by atoms with E-state index in [0.717, 1.165) is 16.7 Å². The van der Waals surface area contributed by atoms with Crippen molar-refractivity contribution in [2.75, 3.05) is 34.5 Å². The maximum atomic E-state index is 11.5. The van der Waals surface area contributed by atoms with Crippen molar-refractivity contribution >= 4 is 12.0 Å². The number of esters is 1. The monoisotopic (exact) mass is 414 g/mol. The zero-order chi connectivity index (χ0) is 21.7. The normalized spacial score (nSPS) is 17.5. The van der Waals surface area contributed by atoms with E-state index in [1.165, 1.54) is 6.92 Å². The van der Waals surface area contributed by atoms with Gasteiger partial charge in [-0.25, -0.2) is 0 Å². The average molecular weight is 414 g/mol. The highest BCUT2D eigenvalue weighted by Crippen LogP contribution is 2.51. The molecular formula is C23H26O7. The van der Waals surface area contributed by atoms with Crippen LogP contribution in [0.4, 0.5) is 0 Å². The number of hydrogen-bond acceptors (Lipinski definition) is 7. The van der Waals surface area contributed by atoms with Gasteiger partial charge in [-0.2, -0.15) is 0 Å². The highest BCUT2D eigenvalue weighted by atomic mass is 16.5. The first-order valence-electron chi connectivity index (χ1n) is 9.52. The Bertz CT molecular complexity index is 935. The number of phenolic OH excluding ortho intramolecular Hbond substituents is 1. The molecule has 7 heteroatoms. The van der Waals surface area contributed by atoms with Crippen molar-refractivity contribution in [3.8, 4) is 23.0 Å². The quantitative estimate of drug-likeness (QED) is 0.657. The molecule has 2 unspecified atom stereocenters. The summed E-state index contributed by atoms with van der Waals surface area (Å²) in [5.41, 5.74) is 2.39. The lowest BCUT2D eigenvalue weighted by Gasteiger charge is -2.20. The molecule has 2 atom stereocenters. The first kappa shape index (κ1) is 21.5. The van der Waals surface area contributed by atoms with Gasteiger partial charge in [-0.1, -0.05) is 18.2 Å². The first-order chi connectivity index (χ1) is 14.5. The second-order valence-electron chi connectivity index (χ2n) is 6.88. The van der Waals surface area contributed by atoms with Gasteiger partial charge >= 0.3 is 5.97 Å². The number of carbonyl (C=O) groups is 1. The van der Waals surface area contributed by atoms with Crippen LogP contribution in [-0.4, -0.2) is 45.6 Å². The number of hydrogen-bond donors (Lipinski definition) is 1. The van der Waals surface area contributed by atoms with Crippen molar-refractivity contribution in [3.05, 3.63) is 53.1 Å². The molecule has 0 fully saturated rings. The third kappa shape index (κ3) is 4.52. The molecule has 7 nitrogen and oxygen atoms in total. The molecule has 0 saturated carbocycles. The van der Waals surface area contributed by atoms with Crippen molar-refractivity contribution in [1.82, 2.24) is 0 Å². The maximum Gasteiger partial charge on any atom is 0.302 e. The summed E-state index contributed by atoms with van der Waals surface area (Å²) in [7, 11) is 4.74. The van der Waals surface area contributed by atoms with E-state index in [4.69, 9.17) is 23.7 Å². The van der Waals surface area contributed by atoms with Crippen molar-refractivity contribution in [2.45, 2.75) is 18.9 Å². The molecule has 0 bridgehead atoms. The molecular weight excluding hydrogens is 388 g/mol. The lowest BCUT2D eigenvalue weighted by Crippen LogP contribution is -2.17. The minimum atomic E-state index is -0.469. The number of ether oxygens (including phenoxy) is 5. The van der Waals surface area contributed by atoms with Gasteiger partial charge in [-0.3, -0.25) is 4.79 Å². The van der Waals surface area contributed by atoms with Gasteiger partial charge in [0.05, 0.1) is 26.7 Å². The van der Waals surface area contributed by atoms with Crippen LogP contribution in [0, 0.1) is 0 Å². The zero-order valence-electron chi connectivity index (χ0n) is 17.5. The molecule has 30 heavy (non-hydrogen) atoms. The Kier molecular flexibility index (Phi) is 6.84. The van der Waals surface area contributed by atoms with Crippen LogP contribution in [0.2, 0.25) is 0 Å². The van der Waals surface area contributed by atoms with Crippen LogP contribution < -0.4 is 14.2 Å². The van der Waals surface area contributed by atoms with Gasteiger partial charge in [0.15, 0.2) is 23.0 Å². The van der Waals surface area contributed by atoms with E-state index < -0.39 is 6.10 Å². The topological polar surface area (TPSA) is 83.5 Å². The Morgan fingerprint density at radius 3 is 2.57 bits per heavy atom. The van der Waals surface area contributed by atoms with Crippen molar-refractivity contribution < 1.29 is 33.6 Å². The molecule has 0 amide bonds. The minimum Gasteiger partial charge on any atom is -0.504 e. The number of phenols is 1. The van der Waals surface area contributed by atoms with Crippen LogP contribution in [0.25, 0.3) is 6.08 Å². The largest absolute Gasteiger partial charge is 0.504 e. The molecule has 0 aliphatic carbocycles. The summed E-state index contributed by atoms with van der Waals surface area (Å²) >= 11 is 0. The molecule has 0 spiro atoms. The summed E-state index contributed by atoms with van der Waals surface area (Å²) in [5.74, 6) is 0.893. The predicted molar refractivity (Wildman–Crippen MR) is 111 cm³/mol. The first-order valence-corrected chi connectivity index (χ1v) is 9.52. The Labute approximate surface area is 175 Å². The van der Waals surface area contributed by atoms with Gasteiger partial charge < -0.3 is 28.8 Å². The number of carbonyl (C=O) groups excluding carboxylic acids is 1. The molecule has 160 valence electrons. The fraction of sp³-hybridized carbons (Fsp3) is 0.348. The van der Waals surface area contributed by atoms with Crippen molar-refractivity contribution in [2.24, 2.45) is 0 Å². The number of methoxy groups -OCH3 is 3. The smallest absolute Gasteiger partial charge is 0.302 e. The second kappa shape index (κ2) is 9.54. The molecule has 3 rings (SSSR count). The number of aromatic hydroxyl groups is 1. The summed E-state index contributed by atoms with van der Waals surface area (Å²) in [5, 5.41) is 10.6. The van der Waals surface area contributed by atoms with Gasteiger partial charge in [0.25, 0.3) is 0 Å². The molecule has 0 radical (unpaired) electrons. The zero-order valence-corrected chi connectivity index (χ0v) is 17.5. The second-order valence-corrected chi connectivity index (χ2v) is 6.88. The standard InChI is InChI=1S/C23H26O7/c1-14(24)29-13-18-17-10-15(6-5-9-26-2)11-19(25)23(17)30-22(18)16-7-8-20(27-3)21(12-16)28-4/h5-8,10-12,18,22,25H,9,13H2,1-4H3/b6-5+. The molecule has 0 aromatic heterocycles. The maximum absolute atomic E-state index is 11.5. The van der Waals surface area contributed by atoms with E-state index >= 15 is 0 Å². The van der Waals surface area contributed by atoms with Gasteiger partial charge in [0.1, 0.15) is 12.7 Å². The van der Waals surface area contributed by atoms with Crippen molar-refractivity contribution in [1.29, 1.82) is 0 Å². The van der Waals surface area contributed by atoms with Gasteiger partial charge in [0, 0.05) is 19.6 Å². The van der Waals surface area contributed by atoms with Crippen molar-refractivity contribution in [3.63, 3.8) is 0 Å². The van der Waals surface area contributed by atoms with E-state index in [1.54, 1.807) is 33.5 Å². The van der Waals surface area contributed by atoms with E-state index in [1.807, 2.05) is 30.4 Å². The van der Waals surface area contributed by atoms with E-state index in [2.05, 4.69) is 0 Å². The Morgan fingerprint density at radius 2 is 1.90 bits per heavy atom. The number of fused-ring (bicyclic) bond motifs is 1. The molecule has 2 aromatic carbocycles. The summed E-state index contributed by atoms with van der Waals surface area (Å²) < 4.78 is 27.2. The summed E-state index contributed by atoms with van der Waals surface area (Å²) in [6, 6.07) is 9.05. The molecule has 1 aliphatic heterocycles. The van der Waals surface area contributed by atoms with Crippen LogP contribution in [0.15, 0.2) is 36.4 Å². The van der Waals surface area contributed by atoms with Crippen LogP contribution in [0.5, 0.6) is 23.0 Å². The van der Waals surface area contributed by atoms with Crippen LogP contribution in [-0.2, 0) is 14.3 Å². The van der Waals surface area contributed by atoms with Gasteiger partial charge in [0.2, 0.25) is 0 Å². The molecule has 1 N–H and O–H groups in total. The van der Waals surface area contributed by atoms with Crippen LogP contribution >= 0.6 is 0 Å². The molecule has 1 heterocycles. The third-order valence-corrected chi connectivity index (χ3v) is 4.91. The molecule has 1 aliphatic rings. The Morgan fingerprint density at radius 1 is 1.13 bits per heavy atom. The van der Waals surface area contributed by atoms with Crippen LogP contribution in [0.1, 0.15) is 35.6 Å². The van der Waals surface area contributed by atoms with E-state index in [9.17, 15) is 9.90 Å². The summed E-state index contributed by atoms with van der Waals surface area (Å²) in [4.78, 5) is 11.5. The predicted octanol–water partition coefficient (Wildman–Crippen LogP) is 3.85. The molecule has 2 aromatic rings. The van der Waals surface area contributed by atoms with E-state index in [-0.39, 0.29) is 24.2 Å². The van der Waals surface area contributed by atoms with E-state index in [0.29, 0.717) is 23.9 Å². The Hall–Kier alpha value is -3.19. The summed E-state index contributed by atoms with van der Waals surface area (Å²) in [6.45, 7) is 1.94. The lowest BCUT2D eigenvalue weighted by atomic mass is 9.90. The van der Waals surface area contributed by atoms with Gasteiger partial charge in [-0.15, -0.1) is 0 Å². The number of benzene rings is 2. The summed E-state index contributed by atoms with van der Waals surface area (Å²) in [6.07, 6.45) is 3.24. The Balaban J connectivity index is 2.01. The third-order valence-electron chi connectivity index (χ3n) is 4.91. The highest BCUT2D eigenvalue weighted by Gasteiger charge is 2.38. The SMILES string of the molecule is COC/C=C/c1cc(O)c2c(c1)C(COC(C)=O)C(c1ccc(OC)c(OC)c1)O2. The minimum absolute atomic E-state index is 0.0281. The molecule has 0 saturated heterocycles. The van der Waals surface area contributed by atoms with Gasteiger partial charge in [-0.05, 0) is 35.4 Å². The average Bonchev–Trinajstić information content (AvgIpc) is 3.11. The lowest BCUT2D eigenvalue weighted by molar-refractivity contribution is -0.141.